The van der Waals surface area contributed by atoms with E-state index in [-0.39, 0.29) is 49.2 Å². The lowest BCUT2D eigenvalue weighted by atomic mass is 9.98. The van der Waals surface area contributed by atoms with E-state index in [0.29, 0.717) is 74.9 Å². The molecule has 6 N–H and O–H groups in total. The number of tetrazole rings is 1. The first-order valence-corrected chi connectivity index (χ1v) is 29.1. The van der Waals surface area contributed by atoms with Crippen LogP contribution in [0.4, 0.5) is 0 Å². The summed E-state index contributed by atoms with van der Waals surface area (Å²) in [7, 11) is 0. The molecule has 9 rings (SSSR count). The summed E-state index contributed by atoms with van der Waals surface area (Å²) in [5, 5.41) is 32.1. The number of nitrogens with zero attached hydrogens (tertiary/aromatic N) is 8. The topological polar surface area (TPSA) is 247 Å². The molecule has 0 radical (unpaired) electrons. The number of rotatable bonds is 19. The van der Waals surface area contributed by atoms with Crippen LogP contribution in [-0.2, 0) is 16.1 Å². The van der Waals surface area contributed by atoms with Crippen molar-refractivity contribution in [3.8, 4) is 22.9 Å². The van der Waals surface area contributed by atoms with Crippen LogP contribution in [0.15, 0.2) is 89.8 Å². The fourth-order valence-electron chi connectivity index (χ4n) is 10.3. The highest BCUT2D eigenvalue weighted by Gasteiger charge is 2.32. The maximum Gasteiger partial charge on any atom is 0.303 e. The highest BCUT2D eigenvalue weighted by atomic mass is 35.5. The molecule has 0 saturated carbocycles. The number of hydrogen-bond acceptors (Lipinski definition) is 12. The molecule has 1 aromatic heterocycles. The van der Waals surface area contributed by atoms with Crippen LogP contribution in [0.3, 0.4) is 0 Å². The van der Waals surface area contributed by atoms with Crippen LogP contribution in [0.5, 0.6) is 11.5 Å². The van der Waals surface area contributed by atoms with Crippen LogP contribution in [0.1, 0.15) is 106 Å². The molecule has 5 aromatic rings. The van der Waals surface area contributed by atoms with E-state index in [9.17, 15) is 19.2 Å². The quantitative estimate of drug-likeness (QED) is 0.0577. The van der Waals surface area contributed by atoms with Gasteiger partial charge in [-0.3, -0.25) is 29.0 Å². The molecule has 4 aliphatic rings. The lowest BCUT2D eigenvalue weighted by molar-refractivity contribution is -0.138. The van der Waals surface area contributed by atoms with Gasteiger partial charge in [-0.25, -0.2) is 0 Å². The first-order chi connectivity index (χ1) is 37.2. The number of aromatic nitrogens is 4. The van der Waals surface area contributed by atoms with Crippen molar-refractivity contribution in [2.75, 3.05) is 58.1 Å². The molecule has 430 valence electrons. The van der Waals surface area contributed by atoms with Gasteiger partial charge in [-0.1, -0.05) is 64.6 Å². The van der Waals surface area contributed by atoms with E-state index in [1.165, 1.54) is 4.80 Å². The maximum absolute atomic E-state index is 13.2. The summed E-state index contributed by atoms with van der Waals surface area (Å²) >= 11 is 25.8. The molecular weight excluding hydrogens is 1120 g/mol. The highest BCUT2D eigenvalue weighted by Crippen LogP contribution is 2.32. The fourth-order valence-corrected chi connectivity index (χ4v) is 11.8. The first kappa shape index (κ1) is 63.0. The number of ether oxygens (including phenoxy) is 2. The number of aryl methyl sites for hydroxylation is 1. The van der Waals surface area contributed by atoms with Gasteiger partial charge in [-0.2, -0.15) is 4.80 Å². The number of piperidine rings is 4. The van der Waals surface area contributed by atoms with Gasteiger partial charge in [0.1, 0.15) is 23.7 Å². The van der Waals surface area contributed by atoms with Gasteiger partial charge in [0.15, 0.2) is 0 Å². The van der Waals surface area contributed by atoms with Crippen molar-refractivity contribution >= 4 is 81.9 Å². The third kappa shape index (κ3) is 18.7. The minimum Gasteiger partial charge on any atom is -0.490 e. The SMILES string of the molecule is O.O.O=C(O)CCCCn1nnc(-c2ccc(C(=O)N3CCC(N4CCC(Oc5ccc(Cl)c(Cl)c5)CC4)CC3)cc2)n1.O=C(O)CCCSc1cccc(C(=O)N2CCC(N3CCC(Oc4ccc(Cl)c(Cl)c4)CC3)CC2)c1.[HH]. The maximum atomic E-state index is 13.2. The van der Waals surface area contributed by atoms with Crippen LogP contribution in [0.25, 0.3) is 11.4 Å². The van der Waals surface area contributed by atoms with Gasteiger partial charge < -0.3 is 40.4 Å². The van der Waals surface area contributed by atoms with E-state index in [4.69, 9.17) is 66.1 Å². The van der Waals surface area contributed by atoms with E-state index in [1.807, 2.05) is 70.5 Å². The van der Waals surface area contributed by atoms with Gasteiger partial charge >= 0.3 is 11.9 Å². The average molecular weight is 1190 g/mol. The second kappa shape index (κ2) is 31.1. The fraction of sp³-hybridized carbons (Fsp3) is 0.482. The number of halogens is 4. The third-order valence-electron chi connectivity index (χ3n) is 14.6. The number of unbranched alkanes of at least 4 members (excludes halogenated alkanes) is 1. The second-order valence-electron chi connectivity index (χ2n) is 19.9. The highest BCUT2D eigenvalue weighted by molar-refractivity contribution is 7.99. The monoisotopic (exact) mass is 1190 g/mol. The lowest BCUT2D eigenvalue weighted by Crippen LogP contribution is -2.50. The van der Waals surface area contributed by atoms with Crippen molar-refractivity contribution in [3.05, 3.63) is 116 Å². The van der Waals surface area contributed by atoms with Crippen LogP contribution >= 0.6 is 58.2 Å². The number of thioether (sulfide) groups is 1. The summed E-state index contributed by atoms with van der Waals surface area (Å²) in [5.74, 6) is 1.26. The number of likely N-dealkylation sites (tertiary alicyclic amines) is 4. The van der Waals surface area contributed by atoms with Crippen molar-refractivity contribution in [2.24, 2.45) is 0 Å². The zero-order chi connectivity index (χ0) is 54.3. The smallest absolute Gasteiger partial charge is 0.303 e. The Morgan fingerprint density at radius 1 is 0.570 bits per heavy atom. The molecule has 0 unspecified atom stereocenters. The van der Waals surface area contributed by atoms with E-state index in [2.05, 4.69) is 25.2 Å². The molecule has 5 heterocycles. The van der Waals surface area contributed by atoms with Gasteiger partial charge in [-0.05, 0) is 136 Å². The van der Waals surface area contributed by atoms with Crippen molar-refractivity contribution in [1.82, 2.24) is 39.8 Å². The Hall–Kier alpha value is -5.22. The van der Waals surface area contributed by atoms with Gasteiger partial charge in [0.05, 0.1) is 26.6 Å². The summed E-state index contributed by atoms with van der Waals surface area (Å²) in [5.41, 5.74) is 2.13. The average Bonchev–Trinajstić information content (AvgIpc) is 3.93. The Labute approximate surface area is 486 Å². The van der Waals surface area contributed by atoms with E-state index >= 15 is 0 Å². The summed E-state index contributed by atoms with van der Waals surface area (Å²) in [6.07, 6.45) is 10.2. The van der Waals surface area contributed by atoms with Crippen LogP contribution in [0, 0.1) is 0 Å². The normalized spacial score (nSPS) is 17.0. The summed E-state index contributed by atoms with van der Waals surface area (Å²) in [4.78, 5) is 59.1. The molecule has 2 amide bonds. The predicted molar refractivity (Wildman–Crippen MR) is 309 cm³/mol. The van der Waals surface area contributed by atoms with Gasteiger partial charge in [0, 0.05) is 112 Å². The number of hydrogen-bond donors (Lipinski definition) is 2. The van der Waals surface area contributed by atoms with Crippen molar-refractivity contribution < 1.29 is 51.2 Å². The standard InChI is InChI=1S/C29H34Cl2N6O4.C27H32Cl2N2O4S.2H2O.H2/c30-25-9-8-24(19-26(25)31)41-23-12-17-35(18-13-23)22-10-15-36(16-11-22)29(40)21-6-4-20(5-7-21)28-32-34-37(33-28)14-2-1-3-27(38)39;28-24-7-6-22(18-25(24)29)35-21-10-14-30(15-11-21)20-8-12-31(13-9-20)27(34)19-3-1-4-23(17-19)36-16-2-5-26(32)33;;;/h4-9,19,22-23H,1-3,10-18H2,(H,38,39);1,3-4,6-7,17-18,20-21H,2,5,8-16H2,(H,32,33);2*1H2;1H. The molecule has 0 spiro atoms. The third-order valence-corrected chi connectivity index (χ3v) is 17.2. The Morgan fingerprint density at radius 3 is 1.56 bits per heavy atom. The van der Waals surface area contributed by atoms with Gasteiger partial charge in [0.25, 0.3) is 11.8 Å². The number of aliphatic carboxylic acids is 2. The van der Waals surface area contributed by atoms with Crippen LogP contribution < -0.4 is 9.47 Å². The van der Waals surface area contributed by atoms with E-state index < -0.39 is 11.9 Å². The van der Waals surface area contributed by atoms with E-state index in [1.54, 1.807) is 36.0 Å². The molecule has 4 fully saturated rings. The van der Waals surface area contributed by atoms with Crippen molar-refractivity contribution in [3.63, 3.8) is 0 Å². The Bertz CT molecular complexity index is 2770. The Balaban J connectivity index is 0.000000286. The molecule has 18 nitrogen and oxygen atoms in total. The zero-order valence-electron chi connectivity index (χ0n) is 44.0. The second-order valence-corrected chi connectivity index (χ2v) is 22.7. The molecule has 4 aliphatic heterocycles. The number of carbonyl (C=O) groups excluding carboxylic acids is 2. The Morgan fingerprint density at radius 2 is 1.06 bits per heavy atom. The molecule has 79 heavy (non-hydrogen) atoms. The molecular formula is C56H72Cl4N8O10S. The van der Waals surface area contributed by atoms with Crippen LogP contribution in [-0.4, -0.2) is 167 Å². The molecule has 0 bridgehead atoms. The summed E-state index contributed by atoms with van der Waals surface area (Å²) < 4.78 is 12.3. The minimum absolute atomic E-state index is 0. The molecule has 4 aromatic carbocycles. The minimum atomic E-state index is -0.805. The molecule has 0 atom stereocenters. The number of amides is 2. The van der Waals surface area contributed by atoms with Gasteiger partial charge in [-0.15, -0.1) is 22.0 Å². The molecule has 0 aliphatic carbocycles. The first-order valence-electron chi connectivity index (χ1n) is 26.6. The largest absolute Gasteiger partial charge is 0.490 e. The number of benzene rings is 4. The predicted octanol–water partition coefficient (Wildman–Crippen LogP) is 9.74. The summed E-state index contributed by atoms with van der Waals surface area (Å²) in [6.45, 7) is 7.46. The zero-order valence-corrected chi connectivity index (χ0v) is 47.8. The number of carboxylic acids is 2. The van der Waals surface area contributed by atoms with E-state index in [0.717, 1.165) is 131 Å². The molecule has 23 heteroatoms. The van der Waals surface area contributed by atoms with Crippen molar-refractivity contribution in [2.45, 2.75) is 119 Å². The lowest BCUT2D eigenvalue weighted by Gasteiger charge is -2.41. The molecule has 4 saturated heterocycles. The van der Waals surface area contributed by atoms with Crippen LogP contribution in [0.2, 0.25) is 20.1 Å². The number of carbonyl (C=O) groups is 4. The summed E-state index contributed by atoms with van der Waals surface area (Å²) in [6, 6.07) is 26.8. The number of carboxylic acid groups (broad SMARTS) is 2. The van der Waals surface area contributed by atoms with Gasteiger partial charge in [0.2, 0.25) is 5.82 Å². The Kier molecular flexibility index (Phi) is 24.8. The van der Waals surface area contributed by atoms with Crippen molar-refractivity contribution in [1.29, 1.82) is 0 Å².